The van der Waals surface area contributed by atoms with Gasteiger partial charge in [-0.2, -0.15) is 0 Å². The maximum absolute atomic E-state index is 4.29. The van der Waals surface area contributed by atoms with Crippen LogP contribution in [0.15, 0.2) is 17.8 Å². The molecule has 1 N–H and O–H groups in total. The Balaban J connectivity index is 2.23. The Bertz CT molecular complexity index is 438. The number of thiophene rings is 1. The summed E-state index contributed by atoms with van der Waals surface area (Å²) < 4.78 is 0. The summed E-state index contributed by atoms with van der Waals surface area (Å²) in [7, 11) is 0. The average molecular weight is 221 g/mol. The Morgan fingerprint density at radius 1 is 1.47 bits per heavy atom. The van der Waals surface area contributed by atoms with E-state index in [9.17, 15) is 0 Å². The third-order valence-electron chi connectivity index (χ3n) is 2.37. The predicted octanol–water partition coefficient (Wildman–Crippen LogP) is 3.29. The zero-order chi connectivity index (χ0) is 10.7. The van der Waals surface area contributed by atoms with Gasteiger partial charge < -0.3 is 5.32 Å². The first-order chi connectivity index (χ1) is 7.31. The van der Waals surface area contributed by atoms with Crippen LogP contribution < -0.4 is 5.32 Å². The summed E-state index contributed by atoms with van der Waals surface area (Å²) in [5.74, 6) is 0.960. The molecule has 0 aliphatic heterocycles. The summed E-state index contributed by atoms with van der Waals surface area (Å²) in [4.78, 5) is 9.56. The second-order valence-electron chi connectivity index (χ2n) is 3.70. The van der Waals surface area contributed by atoms with Crippen molar-refractivity contribution in [2.45, 2.75) is 32.7 Å². The summed E-state index contributed by atoms with van der Waals surface area (Å²) >= 11 is 1.65. The van der Waals surface area contributed by atoms with E-state index in [2.05, 4.69) is 40.6 Å². The highest BCUT2D eigenvalue weighted by atomic mass is 32.1. The van der Waals surface area contributed by atoms with Gasteiger partial charge in [0, 0.05) is 6.04 Å². The smallest absolute Gasteiger partial charge is 0.138 e. The van der Waals surface area contributed by atoms with Crippen LogP contribution in [-0.4, -0.2) is 16.0 Å². The molecular weight excluding hydrogens is 206 g/mol. The Labute approximate surface area is 93.6 Å². The van der Waals surface area contributed by atoms with Gasteiger partial charge in [-0.1, -0.05) is 13.3 Å². The van der Waals surface area contributed by atoms with Gasteiger partial charge in [-0.15, -0.1) is 11.3 Å². The Hall–Kier alpha value is -1.16. The maximum atomic E-state index is 4.29. The van der Waals surface area contributed by atoms with Crippen LogP contribution in [-0.2, 0) is 0 Å². The van der Waals surface area contributed by atoms with Crippen molar-refractivity contribution in [1.82, 2.24) is 9.97 Å². The molecule has 3 nitrogen and oxygen atoms in total. The zero-order valence-corrected chi connectivity index (χ0v) is 9.84. The fourth-order valence-electron chi connectivity index (χ4n) is 1.64. The van der Waals surface area contributed by atoms with E-state index in [-0.39, 0.29) is 0 Å². The Morgan fingerprint density at radius 2 is 2.33 bits per heavy atom. The van der Waals surface area contributed by atoms with Gasteiger partial charge in [0.05, 0.1) is 5.39 Å². The fourth-order valence-corrected chi connectivity index (χ4v) is 2.38. The quantitative estimate of drug-likeness (QED) is 0.860. The first-order valence-corrected chi connectivity index (χ1v) is 6.14. The normalized spacial score (nSPS) is 12.9. The molecule has 2 rings (SSSR count). The molecule has 1 unspecified atom stereocenters. The average Bonchev–Trinajstić information content (AvgIpc) is 2.67. The van der Waals surface area contributed by atoms with Crippen LogP contribution in [0.5, 0.6) is 0 Å². The predicted molar refractivity (Wildman–Crippen MR) is 65.4 cm³/mol. The second-order valence-corrected chi connectivity index (χ2v) is 4.59. The summed E-state index contributed by atoms with van der Waals surface area (Å²) in [6, 6.07) is 2.54. The lowest BCUT2D eigenvalue weighted by atomic mass is 10.2. The minimum atomic E-state index is 0.466. The van der Waals surface area contributed by atoms with Gasteiger partial charge in [0.2, 0.25) is 0 Å². The molecule has 0 aliphatic carbocycles. The highest BCUT2D eigenvalue weighted by molar-refractivity contribution is 7.16. The molecule has 2 heterocycles. The first kappa shape index (κ1) is 10.4. The van der Waals surface area contributed by atoms with Gasteiger partial charge in [-0.25, -0.2) is 9.97 Å². The SMILES string of the molecule is CCCC(C)Nc1ncnc2sccc12. The number of nitrogens with zero attached hydrogens (tertiary/aromatic N) is 2. The number of anilines is 1. The molecule has 80 valence electrons. The molecule has 0 saturated carbocycles. The van der Waals surface area contributed by atoms with Crippen LogP contribution in [0.3, 0.4) is 0 Å². The maximum Gasteiger partial charge on any atom is 0.138 e. The molecular formula is C11H15N3S. The molecule has 4 heteroatoms. The fraction of sp³-hybridized carbons (Fsp3) is 0.455. The molecule has 0 saturated heterocycles. The molecule has 15 heavy (non-hydrogen) atoms. The minimum Gasteiger partial charge on any atom is -0.367 e. The number of hydrogen-bond donors (Lipinski definition) is 1. The second kappa shape index (κ2) is 4.57. The Kier molecular flexibility index (Phi) is 3.16. The molecule has 0 aliphatic rings. The van der Waals surface area contributed by atoms with Crippen molar-refractivity contribution in [2.24, 2.45) is 0 Å². The van der Waals surface area contributed by atoms with E-state index in [1.165, 1.54) is 6.42 Å². The standard InChI is InChI=1S/C11H15N3S/c1-3-4-8(2)14-10-9-5-6-15-11(9)13-7-12-10/h5-8H,3-4H2,1-2H3,(H,12,13,14). The number of aromatic nitrogens is 2. The van der Waals surface area contributed by atoms with Crippen LogP contribution in [0.2, 0.25) is 0 Å². The lowest BCUT2D eigenvalue weighted by molar-refractivity contribution is 0.688. The number of nitrogens with one attached hydrogen (secondary N) is 1. The number of rotatable bonds is 4. The van der Waals surface area contributed by atoms with Crippen molar-refractivity contribution in [1.29, 1.82) is 0 Å². The third kappa shape index (κ3) is 2.26. The first-order valence-electron chi connectivity index (χ1n) is 5.26. The minimum absolute atomic E-state index is 0.466. The number of fused-ring (bicyclic) bond motifs is 1. The monoisotopic (exact) mass is 221 g/mol. The van der Waals surface area contributed by atoms with E-state index in [0.717, 1.165) is 22.5 Å². The third-order valence-corrected chi connectivity index (χ3v) is 3.19. The van der Waals surface area contributed by atoms with Crippen molar-refractivity contribution in [3.05, 3.63) is 17.8 Å². The zero-order valence-electron chi connectivity index (χ0n) is 9.03. The molecule has 0 aromatic carbocycles. The van der Waals surface area contributed by atoms with Crippen molar-refractivity contribution in [3.63, 3.8) is 0 Å². The molecule has 0 spiro atoms. The van der Waals surface area contributed by atoms with Crippen LogP contribution >= 0.6 is 11.3 Å². The number of hydrogen-bond acceptors (Lipinski definition) is 4. The van der Waals surface area contributed by atoms with Gasteiger partial charge >= 0.3 is 0 Å². The van der Waals surface area contributed by atoms with E-state index in [0.29, 0.717) is 6.04 Å². The van der Waals surface area contributed by atoms with E-state index in [1.54, 1.807) is 17.7 Å². The van der Waals surface area contributed by atoms with Crippen molar-refractivity contribution in [3.8, 4) is 0 Å². The van der Waals surface area contributed by atoms with Gasteiger partial charge in [0.15, 0.2) is 0 Å². The summed E-state index contributed by atoms with van der Waals surface area (Å²) in [5.41, 5.74) is 0. The molecule has 2 aromatic rings. The van der Waals surface area contributed by atoms with Crippen LogP contribution in [0.1, 0.15) is 26.7 Å². The van der Waals surface area contributed by atoms with E-state index in [4.69, 9.17) is 0 Å². The van der Waals surface area contributed by atoms with Gasteiger partial charge in [-0.3, -0.25) is 0 Å². The molecule has 2 aromatic heterocycles. The highest BCUT2D eigenvalue weighted by Crippen LogP contribution is 2.24. The van der Waals surface area contributed by atoms with Crippen molar-refractivity contribution in [2.75, 3.05) is 5.32 Å². The van der Waals surface area contributed by atoms with Crippen molar-refractivity contribution < 1.29 is 0 Å². The van der Waals surface area contributed by atoms with Gasteiger partial charge in [0.25, 0.3) is 0 Å². The van der Waals surface area contributed by atoms with E-state index < -0.39 is 0 Å². The molecule has 0 radical (unpaired) electrons. The highest BCUT2D eigenvalue weighted by Gasteiger charge is 2.06. The lowest BCUT2D eigenvalue weighted by Gasteiger charge is -2.13. The van der Waals surface area contributed by atoms with Crippen LogP contribution in [0.25, 0.3) is 10.2 Å². The van der Waals surface area contributed by atoms with Crippen LogP contribution in [0.4, 0.5) is 5.82 Å². The van der Waals surface area contributed by atoms with Crippen LogP contribution in [0, 0.1) is 0 Å². The molecule has 0 amide bonds. The van der Waals surface area contributed by atoms with E-state index >= 15 is 0 Å². The Morgan fingerprint density at radius 3 is 3.13 bits per heavy atom. The van der Waals surface area contributed by atoms with E-state index in [1.807, 2.05) is 0 Å². The molecule has 1 atom stereocenters. The van der Waals surface area contributed by atoms with Gasteiger partial charge in [0.1, 0.15) is 17.0 Å². The topological polar surface area (TPSA) is 37.8 Å². The molecule has 0 fully saturated rings. The van der Waals surface area contributed by atoms with Crippen molar-refractivity contribution >= 4 is 27.4 Å². The lowest BCUT2D eigenvalue weighted by Crippen LogP contribution is -2.15. The summed E-state index contributed by atoms with van der Waals surface area (Å²) in [6.45, 7) is 4.38. The largest absolute Gasteiger partial charge is 0.367 e. The molecule has 0 bridgehead atoms. The summed E-state index contributed by atoms with van der Waals surface area (Å²) in [6.07, 6.45) is 3.97. The van der Waals surface area contributed by atoms with Gasteiger partial charge in [-0.05, 0) is 24.8 Å². The summed E-state index contributed by atoms with van der Waals surface area (Å²) in [5, 5.41) is 6.61.